The molecule has 0 saturated heterocycles. The number of aromatic nitrogens is 4. The standard InChI is InChI=1S/C22H17N5O4S.BrH.H2O/c1-31-19-8-6-17(7-9-19)26-21(16-10-12-23-13-11-16)24-25-22(26)32-14-20(28)15-2-4-18(5-3-15)27(29)30;;/h2-13H,14H2,1H3;1H;1H2. The quantitative estimate of drug-likeness (QED) is 0.140. The summed E-state index contributed by atoms with van der Waals surface area (Å²) < 4.78 is 7.11. The molecule has 0 amide bonds. The van der Waals surface area contributed by atoms with Gasteiger partial charge in [-0.25, -0.2) is 0 Å². The molecule has 0 aliphatic heterocycles. The van der Waals surface area contributed by atoms with Crippen molar-refractivity contribution in [3.05, 3.63) is 88.7 Å². The van der Waals surface area contributed by atoms with Crippen LogP contribution in [-0.4, -0.2) is 48.8 Å². The van der Waals surface area contributed by atoms with Gasteiger partial charge in [-0.1, -0.05) is 11.8 Å². The van der Waals surface area contributed by atoms with Gasteiger partial charge in [0.1, 0.15) is 5.75 Å². The smallest absolute Gasteiger partial charge is 0.269 e. The van der Waals surface area contributed by atoms with Gasteiger partial charge < -0.3 is 10.2 Å². The number of benzene rings is 2. The lowest BCUT2D eigenvalue weighted by Crippen LogP contribution is -2.05. The third-order valence-electron chi connectivity index (χ3n) is 4.63. The summed E-state index contributed by atoms with van der Waals surface area (Å²) in [4.78, 5) is 27.0. The van der Waals surface area contributed by atoms with Gasteiger partial charge >= 0.3 is 0 Å². The van der Waals surface area contributed by atoms with Crippen LogP contribution in [0.3, 0.4) is 0 Å². The number of thioether (sulfide) groups is 1. The van der Waals surface area contributed by atoms with Crippen molar-refractivity contribution in [2.75, 3.05) is 12.9 Å². The van der Waals surface area contributed by atoms with Crippen molar-refractivity contribution < 1.29 is 19.9 Å². The van der Waals surface area contributed by atoms with Crippen molar-refractivity contribution in [1.82, 2.24) is 19.7 Å². The number of carbonyl (C=O) groups excluding carboxylic acids is 1. The summed E-state index contributed by atoms with van der Waals surface area (Å²) in [5.41, 5.74) is 1.98. The number of nitrogens with zero attached hydrogens (tertiary/aromatic N) is 5. The van der Waals surface area contributed by atoms with Gasteiger partial charge in [-0.3, -0.25) is 24.5 Å². The molecule has 34 heavy (non-hydrogen) atoms. The molecule has 4 rings (SSSR count). The van der Waals surface area contributed by atoms with Gasteiger partial charge in [-0.05, 0) is 48.5 Å². The van der Waals surface area contributed by atoms with E-state index < -0.39 is 4.92 Å². The second-order valence-corrected chi connectivity index (χ2v) is 7.53. The van der Waals surface area contributed by atoms with Crippen LogP contribution in [0.1, 0.15) is 10.4 Å². The van der Waals surface area contributed by atoms with Gasteiger partial charge in [0.25, 0.3) is 5.69 Å². The van der Waals surface area contributed by atoms with Crippen LogP contribution in [0.25, 0.3) is 17.1 Å². The second kappa shape index (κ2) is 12.0. The highest BCUT2D eigenvalue weighted by molar-refractivity contribution is 8.93. The Morgan fingerprint density at radius 2 is 1.68 bits per heavy atom. The maximum atomic E-state index is 12.6. The molecule has 0 aliphatic rings. The number of hydrogen-bond acceptors (Lipinski definition) is 8. The molecule has 2 aromatic heterocycles. The number of nitro benzene ring substituents is 1. The molecule has 4 aromatic rings. The second-order valence-electron chi connectivity index (χ2n) is 6.59. The molecule has 12 heteroatoms. The number of nitro groups is 1. The lowest BCUT2D eigenvalue weighted by molar-refractivity contribution is -0.384. The summed E-state index contributed by atoms with van der Waals surface area (Å²) in [6.45, 7) is 0. The number of Topliss-reactive ketones (excluding diaryl/α,β-unsaturated/α-hetero) is 1. The predicted molar refractivity (Wildman–Crippen MR) is 133 cm³/mol. The first kappa shape index (κ1) is 26.6. The van der Waals surface area contributed by atoms with Gasteiger partial charge in [0.15, 0.2) is 16.8 Å². The van der Waals surface area contributed by atoms with E-state index in [2.05, 4.69) is 15.2 Å². The van der Waals surface area contributed by atoms with E-state index in [0.29, 0.717) is 16.5 Å². The Morgan fingerprint density at radius 3 is 2.26 bits per heavy atom. The van der Waals surface area contributed by atoms with Crippen molar-refractivity contribution in [3.63, 3.8) is 0 Å². The first-order valence-corrected chi connectivity index (χ1v) is 10.5. The number of carbonyl (C=O) groups is 1. The van der Waals surface area contributed by atoms with Crippen molar-refractivity contribution in [2.45, 2.75) is 5.16 Å². The fourth-order valence-electron chi connectivity index (χ4n) is 3.00. The number of pyridine rings is 1. The van der Waals surface area contributed by atoms with Crippen molar-refractivity contribution >= 4 is 40.2 Å². The van der Waals surface area contributed by atoms with Crippen LogP contribution >= 0.6 is 28.7 Å². The lowest BCUT2D eigenvalue weighted by Gasteiger charge is -2.11. The zero-order valence-electron chi connectivity index (χ0n) is 17.8. The van der Waals surface area contributed by atoms with Gasteiger partial charge in [0.2, 0.25) is 0 Å². The molecule has 2 N–H and O–H groups in total. The fourth-order valence-corrected chi connectivity index (χ4v) is 3.84. The van der Waals surface area contributed by atoms with Crippen molar-refractivity contribution in [1.29, 1.82) is 0 Å². The molecule has 0 spiro atoms. The highest BCUT2D eigenvalue weighted by Crippen LogP contribution is 2.29. The maximum Gasteiger partial charge on any atom is 0.269 e. The average molecular weight is 546 g/mol. The Bertz CT molecular complexity index is 1250. The van der Waals surface area contributed by atoms with Crippen molar-refractivity contribution in [3.8, 4) is 22.8 Å². The Hall–Kier alpha value is -3.61. The fraction of sp³-hybridized carbons (Fsp3) is 0.0909. The van der Waals surface area contributed by atoms with E-state index in [0.717, 1.165) is 17.0 Å². The summed E-state index contributed by atoms with van der Waals surface area (Å²) in [6.07, 6.45) is 3.35. The van der Waals surface area contributed by atoms with Gasteiger partial charge in [0.05, 0.1) is 17.8 Å². The normalized spacial score (nSPS) is 10.0. The number of halogens is 1. The predicted octanol–water partition coefficient (Wildman–Crippen LogP) is 3.97. The molecule has 0 unspecified atom stereocenters. The first-order chi connectivity index (χ1) is 15.6. The molecule has 0 aliphatic carbocycles. The first-order valence-electron chi connectivity index (χ1n) is 9.47. The Morgan fingerprint density at radius 1 is 1.03 bits per heavy atom. The van der Waals surface area contributed by atoms with E-state index in [1.807, 2.05) is 41.0 Å². The topological polar surface area (TPSA) is 145 Å². The minimum Gasteiger partial charge on any atom is -0.497 e. The summed E-state index contributed by atoms with van der Waals surface area (Å²) in [5, 5.41) is 20.0. The van der Waals surface area contributed by atoms with E-state index >= 15 is 0 Å². The summed E-state index contributed by atoms with van der Waals surface area (Å²) in [5.74, 6) is 1.26. The molecule has 2 heterocycles. The Balaban J connectivity index is 0.00000204. The molecule has 2 aromatic carbocycles. The summed E-state index contributed by atoms with van der Waals surface area (Å²) in [6, 6.07) is 16.7. The number of ketones is 1. The van der Waals surface area contributed by atoms with Crippen LogP contribution in [0, 0.1) is 10.1 Å². The number of hydrogen-bond donors (Lipinski definition) is 0. The zero-order chi connectivity index (χ0) is 22.5. The van der Waals surface area contributed by atoms with E-state index in [4.69, 9.17) is 4.74 Å². The van der Waals surface area contributed by atoms with Gasteiger partial charge in [0, 0.05) is 41.3 Å². The molecule has 0 bridgehead atoms. The highest BCUT2D eigenvalue weighted by Gasteiger charge is 2.18. The minimum absolute atomic E-state index is 0. The minimum atomic E-state index is -0.499. The lowest BCUT2D eigenvalue weighted by atomic mass is 10.1. The Kier molecular flexibility index (Phi) is 9.42. The molecule has 0 fully saturated rings. The third-order valence-corrected chi connectivity index (χ3v) is 5.56. The van der Waals surface area contributed by atoms with Crippen LogP contribution in [0.15, 0.2) is 78.2 Å². The third kappa shape index (κ3) is 5.84. The van der Waals surface area contributed by atoms with Crippen LogP contribution in [-0.2, 0) is 0 Å². The summed E-state index contributed by atoms with van der Waals surface area (Å²) in [7, 11) is 1.60. The van der Waals surface area contributed by atoms with Crippen LogP contribution < -0.4 is 4.74 Å². The van der Waals surface area contributed by atoms with E-state index in [9.17, 15) is 14.9 Å². The van der Waals surface area contributed by atoms with E-state index in [1.165, 1.54) is 36.0 Å². The van der Waals surface area contributed by atoms with Gasteiger partial charge in [-0.15, -0.1) is 27.2 Å². The molecule has 0 atom stereocenters. The molecule has 0 radical (unpaired) electrons. The SMILES string of the molecule is Br.COc1ccc(-n2c(SCC(=O)c3ccc([N+](=O)[O-])cc3)nnc2-c2ccncc2)cc1.O. The summed E-state index contributed by atoms with van der Waals surface area (Å²) >= 11 is 1.24. The molecule has 176 valence electrons. The van der Waals surface area contributed by atoms with Crippen LogP contribution in [0.5, 0.6) is 5.75 Å². The number of methoxy groups -OCH3 is 1. The number of rotatable bonds is 8. The van der Waals surface area contributed by atoms with Gasteiger partial charge in [-0.2, -0.15) is 0 Å². The molecule has 0 saturated carbocycles. The zero-order valence-corrected chi connectivity index (χ0v) is 20.4. The number of non-ortho nitro benzene ring substituents is 1. The number of ether oxygens (including phenoxy) is 1. The molecule has 10 nitrogen and oxygen atoms in total. The maximum absolute atomic E-state index is 12.6. The monoisotopic (exact) mass is 545 g/mol. The average Bonchev–Trinajstić information content (AvgIpc) is 3.27. The van der Waals surface area contributed by atoms with E-state index in [-0.39, 0.29) is 39.7 Å². The highest BCUT2D eigenvalue weighted by atomic mass is 79.9. The van der Waals surface area contributed by atoms with E-state index in [1.54, 1.807) is 19.5 Å². The largest absolute Gasteiger partial charge is 0.497 e. The Labute approximate surface area is 209 Å². The van der Waals surface area contributed by atoms with Crippen LogP contribution in [0.4, 0.5) is 5.69 Å². The van der Waals surface area contributed by atoms with Crippen LogP contribution in [0.2, 0.25) is 0 Å². The van der Waals surface area contributed by atoms with Crippen molar-refractivity contribution in [2.24, 2.45) is 0 Å². The molecular weight excluding hydrogens is 526 g/mol. The molecular formula is C22H20BrN5O5S.